The normalized spacial score (nSPS) is 12.8. The summed E-state index contributed by atoms with van der Waals surface area (Å²) in [5.41, 5.74) is 6.40. The molecular formula is C13H15F3N2O2. The Morgan fingerprint density at radius 1 is 1.25 bits per heavy atom. The van der Waals surface area contributed by atoms with Gasteiger partial charge in [-0.15, -0.1) is 0 Å². The largest absolute Gasteiger partial charge is 0.471 e. The fraction of sp³-hybridized carbons (Fsp3) is 0.385. The van der Waals surface area contributed by atoms with Gasteiger partial charge < -0.3 is 11.1 Å². The van der Waals surface area contributed by atoms with E-state index in [1.807, 2.05) is 6.92 Å². The van der Waals surface area contributed by atoms with Gasteiger partial charge in [0.15, 0.2) is 0 Å². The van der Waals surface area contributed by atoms with E-state index in [0.717, 1.165) is 12.0 Å². The zero-order chi connectivity index (χ0) is 15.3. The Balaban J connectivity index is 2.93. The third-order valence-electron chi connectivity index (χ3n) is 2.76. The molecule has 0 radical (unpaired) electrons. The monoisotopic (exact) mass is 288 g/mol. The van der Waals surface area contributed by atoms with Gasteiger partial charge in [-0.25, -0.2) is 0 Å². The smallest absolute Gasteiger partial charge is 0.370 e. The summed E-state index contributed by atoms with van der Waals surface area (Å²) in [4.78, 5) is 21.9. The van der Waals surface area contributed by atoms with Crippen LogP contribution < -0.4 is 11.1 Å². The molecule has 0 spiro atoms. The van der Waals surface area contributed by atoms with Crippen molar-refractivity contribution in [3.63, 3.8) is 0 Å². The average molecular weight is 288 g/mol. The Bertz CT molecular complexity index is 483. The minimum atomic E-state index is -5.00. The lowest BCUT2D eigenvalue weighted by molar-refractivity contribution is -0.174. The Labute approximate surface area is 114 Å². The van der Waals surface area contributed by atoms with Crippen LogP contribution in [0.2, 0.25) is 0 Å². The van der Waals surface area contributed by atoms with E-state index in [2.05, 4.69) is 0 Å². The van der Waals surface area contributed by atoms with Crippen LogP contribution in [-0.4, -0.2) is 18.0 Å². The number of benzene rings is 1. The van der Waals surface area contributed by atoms with E-state index >= 15 is 0 Å². The molecule has 2 amide bonds. The molecule has 4 nitrogen and oxygen atoms in total. The number of hydrogen-bond acceptors (Lipinski definition) is 2. The van der Waals surface area contributed by atoms with Crippen molar-refractivity contribution in [1.82, 2.24) is 5.32 Å². The minimum absolute atomic E-state index is 0.396. The van der Waals surface area contributed by atoms with E-state index in [1.54, 1.807) is 29.6 Å². The maximum Gasteiger partial charge on any atom is 0.471 e. The summed E-state index contributed by atoms with van der Waals surface area (Å²) in [6.45, 7) is 1.93. The summed E-state index contributed by atoms with van der Waals surface area (Å²) < 4.78 is 36.8. The molecule has 3 N–H and O–H groups in total. The number of nitrogens with two attached hydrogens (primary N) is 1. The fourth-order valence-corrected chi connectivity index (χ4v) is 1.68. The topological polar surface area (TPSA) is 72.2 Å². The first-order valence-electron chi connectivity index (χ1n) is 5.99. The highest BCUT2D eigenvalue weighted by molar-refractivity contribution is 5.83. The van der Waals surface area contributed by atoms with Gasteiger partial charge in [0.1, 0.15) is 0 Å². The van der Waals surface area contributed by atoms with E-state index in [9.17, 15) is 22.8 Å². The lowest BCUT2D eigenvalue weighted by Crippen LogP contribution is -2.40. The molecule has 0 heterocycles. The molecule has 0 saturated heterocycles. The predicted octanol–water partition coefficient (Wildman–Crippen LogP) is 1.84. The standard InChI is InChI=1S/C13H15F3N2O2/c1-2-8-3-5-9(6-4-8)10(7-11(17)19)18-12(20)13(14,15)16/h3-6,10H,2,7H2,1H3,(H2,17,19)(H,18,20). The van der Waals surface area contributed by atoms with Crippen molar-refractivity contribution in [3.8, 4) is 0 Å². The first-order valence-corrected chi connectivity index (χ1v) is 5.99. The van der Waals surface area contributed by atoms with E-state index < -0.39 is 30.5 Å². The fourth-order valence-electron chi connectivity index (χ4n) is 1.68. The van der Waals surface area contributed by atoms with Gasteiger partial charge in [0, 0.05) is 0 Å². The summed E-state index contributed by atoms with van der Waals surface area (Å²) in [7, 11) is 0. The molecule has 20 heavy (non-hydrogen) atoms. The van der Waals surface area contributed by atoms with Gasteiger partial charge in [0.05, 0.1) is 12.5 Å². The second-order valence-electron chi connectivity index (χ2n) is 4.29. The highest BCUT2D eigenvalue weighted by atomic mass is 19.4. The molecule has 1 unspecified atom stereocenters. The highest BCUT2D eigenvalue weighted by Gasteiger charge is 2.40. The zero-order valence-corrected chi connectivity index (χ0v) is 10.8. The van der Waals surface area contributed by atoms with Crippen LogP contribution in [0.1, 0.15) is 30.5 Å². The van der Waals surface area contributed by atoms with E-state index in [0.29, 0.717) is 5.56 Å². The van der Waals surface area contributed by atoms with Crippen LogP contribution in [0.5, 0.6) is 0 Å². The van der Waals surface area contributed by atoms with Crippen molar-refractivity contribution in [2.75, 3.05) is 0 Å². The number of carbonyl (C=O) groups is 2. The van der Waals surface area contributed by atoms with Crippen LogP contribution in [0, 0.1) is 0 Å². The molecule has 0 aliphatic heterocycles. The number of alkyl halides is 3. The number of amides is 2. The summed E-state index contributed by atoms with van der Waals surface area (Å²) >= 11 is 0. The van der Waals surface area contributed by atoms with Crippen molar-refractivity contribution in [2.24, 2.45) is 5.73 Å². The lowest BCUT2D eigenvalue weighted by Gasteiger charge is -2.19. The third-order valence-corrected chi connectivity index (χ3v) is 2.76. The number of carbonyl (C=O) groups excluding carboxylic acids is 2. The van der Waals surface area contributed by atoms with Crippen LogP contribution in [0.15, 0.2) is 24.3 Å². The van der Waals surface area contributed by atoms with Crippen LogP contribution in [0.25, 0.3) is 0 Å². The molecule has 110 valence electrons. The molecule has 0 bridgehead atoms. The van der Waals surface area contributed by atoms with Gasteiger partial charge in [-0.3, -0.25) is 9.59 Å². The molecular weight excluding hydrogens is 273 g/mol. The van der Waals surface area contributed by atoms with Gasteiger partial charge in [-0.2, -0.15) is 13.2 Å². The van der Waals surface area contributed by atoms with Crippen molar-refractivity contribution in [1.29, 1.82) is 0 Å². The summed E-state index contributed by atoms with van der Waals surface area (Å²) in [5, 5.41) is 1.78. The Kier molecular flexibility index (Phi) is 5.12. The SMILES string of the molecule is CCc1ccc(C(CC(N)=O)NC(=O)C(F)(F)F)cc1. The van der Waals surface area contributed by atoms with Gasteiger partial charge in [-0.1, -0.05) is 31.2 Å². The maximum atomic E-state index is 12.3. The summed E-state index contributed by atoms with van der Waals surface area (Å²) in [6.07, 6.45) is -4.62. The molecule has 0 fully saturated rings. The second-order valence-corrected chi connectivity index (χ2v) is 4.29. The number of hydrogen-bond donors (Lipinski definition) is 2. The minimum Gasteiger partial charge on any atom is -0.370 e. The first-order chi connectivity index (χ1) is 9.24. The van der Waals surface area contributed by atoms with Gasteiger partial charge >= 0.3 is 12.1 Å². The molecule has 1 rings (SSSR count). The number of halogens is 3. The number of aryl methyl sites for hydroxylation is 1. The predicted molar refractivity (Wildman–Crippen MR) is 66.6 cm³/mol. The summed E-state index contributed by atoms with van der Waals surface area (Å²) in [5.74, 6) is -2.89. The molecule has 1 aromatic rings. The average Bonchev–Trinajstić information content (AvgIpc) is 2.36. The first kappa shape index (κ1) is 16.0. The van der Waals surface area contributed by atoms with Crippen molar-refractivity contribution in [2.45, 2.75) is 32.0 Å². The van der Waals surface area contributed by atoms with Crippen molar-refractivity contribution >= 4 is 11.8 Å². The van der Waals surface area contributed by atoms with Gasteiger partial charge in [0.2, 0.25) is 5.91 Å². The van der Waals surface area contributed by atoms with Crippen LogP contribution in [0.4, 0.5) is 13.2 Å². The number of nitrogens with one attached hydrogen (secondary N) is 1. The molecule has 0 aliphatic rings. The van der Waals surface area contributed by atoms with E-state index in [1.165, 1.54) is 0 Å². The molecule has 0 saturated carbocycles. The van der Waals surface area contributed by atoms with Gasteiger partial charge in [-0.05, 0) is 17.5 Å². The van der Waals surface area contributed by atoms with E-state index in [-0.39, 0.29) is 0 Å². The summed E-state index contributed by atoms with van der Waals surface area (Å²) in [6, 6.07) is 5.51. The van der Waals surface area contributed by atoms with Gasteiger partial charge in [0.25, 0.3) is 0 Å². The molecule has 0 aliphatic carbocycles. The van der Waals surface area contributed by atoms with Crippen LogP contribution >= 0.6 is 0 Å². The number of primary amides is 1. The molecule has 7 heteroatoms. The molecule has 1 atom stereocenters. The van der Waals surface area contributed by atoms with E-state index in [4.69, 9.17) is 5.73 Å². The molecule has 1 aromatic carbocycles. The Morgan fingerprint density at radius 2 is 1.80 bits per heavy atom. The van der Waals surface area contributed by atoms with Crippen molar-refractivity contribution in [3.05, 3.63) is 35.4 Å². The number of rotatable bonds is 5. The maximum absolute atomic E-state index is 12.3. The van der Waals surface area contributed by atoms with Crippen LogP contribution in [-0.2, 0) is 16.0 Å². The second kappa shape index (κ2) is 6.40. The van der Waals surface area contributed by atoms with Crippen LogP contribution in [0.3, 0.4) is 0 Å². The lowest BCUT2D eigenvalue weighted by atomic mass is 10.0. The third kappa shape index (κ3) is 4.56. The Morgan fingerprint density at radius 3 is 2.20 bits per heavy atom. The quantitative estimate of drug-likeness (QED) is 0.867. The highest BCUT2D eigenvalue weighted by Crippen LogP contribution is 2.21. The Hall–Kier alpha value is -2.05. The van der Waals surface area contributed by atoms with Crippen molar-refractivity contribution < 1.29 is 22.8 Å². The zero-order valence-electron chi connectivity index (χ0n) is 10.8. The molecule has 0 aromatic heterocycles.